The molecule has 0 aromatic heterocycles. The van der Waals surface area contributed by atoms with Crippen molar-refractivity contribution in [1.29, 1.82) is 0 Å². The van der Waals surface area contributed by atoms with Crippen LogP contribution in [-0.2, 0) is 14.8 Å². The standard InChI is InChI=1S/C20H22FN3O3S/c1-23-12-14-24(15-13-23)28(26,27)18-9-7-17(8-10-18)22-20(25)11-6-16-4-2-3-5-19(16)21/h2-11H,12-15H2,1H3,(H,22,25). The number of benzene rings is 2. The van der Waals surface area contributed by atoms with Crippen LogP contribution >= 0.6 is 0 Å². The highest BCUT2D eigenvalue weighted by atomic mass is 32.2. The number of halogens is 1. The van der Waals surface area contributed by atoms with Gasteiger partial charge in [0.05, 0.1) is 4.90 Å². The number of likely N-dealkylation sites (N-methyl/N-ethyl adjacent to an activating group) is 1. The molecule has 8 heteroatoms. The van der Waals surface area contributed by atoms with E-state index in [2.05, 4.69) is 10.2 Å². The zero-order chi connectivity index (χ0) is 20.1. The minimum absolute atomic E-state index is 0.192. The number of carbonyl (C=O) groups excluding carboxylic acids is 1. The Morgan fingerprint density at radius 1 is 1.04 bits per heavy atom. The van der Waals surface area contributed by atoms with E-state index in [1.807, 2.05) is 7.05 Å². The number of carbonyl (C=O) groups is 1. The van der Waals surface area contributed by atoms with Crippen LogP contribution < -0.4 is 5.32 Å². The van der Waals surface area contributed by atoms with E-state index in [0.717, 1.165) is 0 Å². The van der Waals surface area contributed by atoms with E-state index >= 15 is 0 Å². The summed E-state index contributed by atoms with van der Waals surface area (Å²) in [5.41, 5.74) is 0.770. The number of hydrogen-bond donors (Lipinski definition) is 1. The van der Waals surface area contributed by atoms with Crippen molar-refractivity contribution in [3.8, 4) is 0 Å². The SMILES string of the molecule is CN1CCN(S(=O)(=O)c2ccc(NC(=O)C=Cc3ccccc3F)cc2)CC1. The smallest absolute Gasteiger partial charge is 0.248 e. The molecule has 1 amide bonds. The summed E-state index contributed by atoms with van der Waals surface area (Å²) in [5.74, 6) is -0.844. The molecule has 1 N–H and O–H groups in total. The van der Waals surface area contributed by atoms with Crippen molar-refractivity contribution in [3.63, 3.8) is 0 Å². The molecule has 0 bridgehead atoms. The van der Waals surface area contributed by atoms with Gasteiger partial charge in [-0.1, -0.05) is 18.2 Å². The number of piperazine rings is 1. The maximum absolute atomic E-state index is 13.6. The average molecular weight is 403 g/mol. The van der Waals surface area contributed by atoms with E-state index in [1.54, 1.807) is 18.2 Å². The van der Waals surface area contributed by atoms with Crippen molar-refractivity contribution in [2.75, 3.05) is 38.5 Å². The predicted octanol–water partition coefficient (Wildman–Crippen LogP) is 2.41. The summed E-state index contributed by atoms with van der Waals surface area (Å²) >= 11 is 0. The minimum Gasteiger partial charge on any atom is -0.323 e. The van der Waals surface area contributed by atoms with Gasteiger partial charge < -0.3 is 10.2 Å². The van der Waals surface area contributed by atoms with Gasteiger partial charge >= 0.3 is 0 Å². The van der Waals surface area contributed by atoms with Gasteiger partial charge in [-0.15, -0.1) is 0 Å². The van der Waals surface area contributed by atoms with Crippen molar-refractivity contribution in [3.05, 3.63) is 66.0 Å². The van der Waals surface area contributed by atoms with Gasteiger partial charge in [-0.3, -0.25) is 4.79 Å². The molecule has 2 aromatic rings. The second-order valence-electron chi connectivity index (χ2n) is 6.58. The van der Waals surface area contributed by atoms with Crippen LogP contribution in [0.4, 0.5) is 10.1 Å². The van der Waals surface area contributed by atoms with Gasteiger partial charge in [-0.05, 0) is 43.5 Å². The Morgan fingerprint density at radius 2 is 1.68 bits per heavy atom. The van der Waals surface area contributed by atoms with Crippen LogP contribution in [0.15, 0.2) is 59.5 Å². The molecule has 1 saturated heterocycles. The Morgan fingerprint density at radius 3 is 2.32 bits per heavy atom. The maximum atomic E-state index is 13.6. The summed E-state index contributed by atoms with van der Waals surface area (Å²) in [6.07, 6.45) is 2.62. The Balaban J connectivity index is 1.64. The summed E-state index contributed by atoms with van der Waals surface area (Å²) < 4.78 is 40.4. The van der Waals surface area contributed by atoms with E-state index in [9.17, 15) is 17.6 Å². The number of anilines is 1. The molecule has 28 heavy (non-hydrogen) atoms. The first-order chi connectivity index (χ1) is 13.4. The molecule has 0 saturated carbocycles. The average Bonchev–Trinajstić information content (AvgIpc) is 2.68. The van der Waals surface area contributed by atoms with Crippen molar-refractivity contribution >= 4 is 27.7 Å². The number of sulfonamides is 1. The first kappa shape index (κ1) is 20.2. The van der Waals surface area contributed by atoms with Gasteiger partial charge in [0, 0.05) is 43.5 Å². The Bertz CT molecular complexity index is 966. The summed E-state index contributed by atoms with van der Waals surface area (Å²) in [6.45, 7) is 2.31. The monoisotopic (exact) mass is 403 g/mol. The molecule has 0 atom stereocenters. The molecule has 1 heterocycles. The first-order valence-corrected chi connectivity index (χ1v) is 10.3. The normalized spacial score (nSPS) is 16.4. The van der Waals surface area contributed by atoms with E-state index < -0.39 is 21.7 Å². The second-order valence-corrected chi connectivity index (χ2v) is 8.51. The van der Waals surface area contributed by atoms with Crippen LogP contribution in [0.1, 0.15) is 5.56 Å². The van der Waals surface area contributed by atoms with Crippen LogP contribution in [0.2, 0.25) is 0 Å². The van der Waals surface area contributed by atoms with Gasteiger partial charge in [0.2, 0.25) is 15.9 Å². The number of nitrogens with zero attached hydrogens (tertiary/aromatic N) is 2. The molecule has 3 rings (SSSR count). The van der Waals surface area contributed by atoms with Gasteiger partial charge in [-0.2, -0.15) is 4.31 Å². The minimum atomic E-state index is -3.54. The predicted molar refractivity (Wildman–Crippen MR) is 107 cm³/mol. The molecule has 0 spiro atoms. The highest BCUT2D eigenvalue weighted by Gasteiger charge is 2.27. The molecular weight excluding hydrogens is 381 g/mol. The van der Waals surface area contributed by atoms with Crippen molar-refractivity contribution in [2.45, 2.75) is 4.90 Å². The van der Waals surface area contributed by atoms with Crippen LogP contribution in [0.25, 0.3) is 6.08 Å². The molecule has 6 nitrogen and oxygen atoms in total. The number of rotatable bonds is 5. The number of amides is 1. The molecule has 1 aliphatic rings. The fraction of sp³-hybridized carbons (Fsp3) is 0.250. The Kier molecular flexibility index (Phi) is 6.23. The molecule has 2 aromatic carbocycles. The van der Waals surface area contributed by atoms with Gasteiger partial charge in [-0.25, -0.2) is 12.8 Å². The third kappa shape index (κ3) is 4.83. The zero-order valence-corrected chi connectivity index (χ0v) is 16.3. The van der Waals surface area contributed by atoms with Crippen molar-refractivity contribution in [1.82, 2.24) is 9.21 Å². The lowest BCUT2D eigenvalue weighted by molar-refractivity contribution is -0.111. The summed E-state index contributed by atoms with van der Waals surface area (Å²) in [5, 5.41) is 2.63. The Labute approximate surface area is 164 Å². The van der Waals surface area contributed by atoms with Gasteiger partial charge in [0.1, 0.15) is 5.82 Å². The topological polar surface area (TPSA) is 69.7 Å². The molecule has 1 aliphatic heterocycles. The lowest BCUT2D eigenvalue weighted by Crippen LogP contribution is -2.46. The summed E-state index contributed by atoms with van der Waals surface area (Å²) in [7, 11) is -1.58. The third-order valence-corrected chi connectivity index (χ3v) is 6.45. The van der Waals surface area contributed by atoms with E-state index in [1.165, 1.54) is 46.8 Å². The number of nitrogens with one attached hydrogen (secondary N) is 1. The first-order valence-electron chi connectivity index (χ1n) is 8.88. The molecule has 148 valence electrons. The van der Waals surface area contributed by atoms with E-state index in [-0.39, 0.29) is 4.90 Å². The van der Waals surface area contributed by atoms with Crippen LogP contribution in [0.5, 0.6) is 0 Å². The van der Waals surface area contributed by atoms with E-state index in [4.69, 9.17) is 0 Å². The lowest BCUT2D eigenvalue weighted by atomic mass is 10.2. The fourth-order valence-electron chi connectivity index (χ4n) is 2.85. The molecule has 0 unspecified atom stereocenters. The van der Waals surface area contributed by atoms with Crippen molar-refractivity contribution < 1.29 is 17.6 Å². The summed E-state index contributed by atoms with van der Waals surface area (Å²) in [4.78, 5) is 14.3. The quantitative estimate of drug-likeness (QED) is 0.779. The highest BCUT2D eigenvalue weighted by molar-refractivity contribution is 7.89. The third-order valence-electron chi connectivity index (χ3n) is 4.54. The molecular formula is C20H22FN3O3S. The van der Waals surface area contributed by atoms with Gasteiger partial charge in [0.25, 0.3) is 0 Å². The van der Waals surface area contributed by atoms with Crippen LogP contribution in [0.3, 0.4) is 0 Å². The molecule has 0 radical (unpaired) electrons. The van der Waals surface area contributed by atoms with Crippen molar-refractivity contribution in [2.24, 2.45) is 0 Å². The number of hydrogen-bond acceptors (Lipinski definition) is 4. The molecule has 0 aliphatic carbocycles. The highest BCUT2D eigenvalue weighted by Crippen LogP contribution is 2.20. The van der Waals surface area contributed by atoms with E-state index in [0.29, 0.717) is 37.4 Å². The second kappa shape index (κ2) is 8.64. The fourth-order valence-corrected chi connectivity index (χ4v) is 4.27. The zero-order valence-electron chi connectivity index (χ0n) is 15.5. The largest absolute Gasteiger partial charge is 0.323 e. The lowest BCUT2D eigenvalue weighted by Gasteiger charge is -2.31. The molecule has 1 fully saturated rings. The Hall–Kier alpha value is -2.55. The van der Waals surface area contributed by atoms with Crippen LogP contribution in [0, 0.1) is 5.82 Å². The summed E-state index contributed by atoms with van der Waals surface area (Å²) in [6, 6.07) is 12.2. The van der Waals surface area contributed by atoms with Crippen LogP contribution in [-0.4, -0.2) is 56.8 Å². The maximum Gasteiger partial charge on any atom is 0.248 e. The van der Waals surface area contributed by atoms with Gasteiger partial charge in [0.15, 0.2) is 0 Å².